The van der Waals surface area contributed by atoms with Gasteiger partial charge in [0.1, 0.15) is 11.3 Å². The molecule has 0 fully saturated rings. The Morgan fingerprint density at radius 2 is 2.20 bits per heavy atom. The topological polar surface area (TPSA) is 22.1 Å². The molecule has 0 bridgehead atoms. The summed E-state index contributed by atoms with van der Waals surface area (Å²) in [4.78, 5) is 4.43. The van der Waals surface area contributed by atoms with Crippen molar-refractivity contribution < 1.29 is 4.74 Å². The minimum Gasteiger partial charge on any atom is -0.494 e. The number of rotatable bonds is 2. The Balaban J connectivity index is 2.75. The van der Waals surface area contributed by atoms with Crippen LogP contribution in [0.5, 0.6) is 5.75 Å². The van der Waals surface area contributed by atoms with E-state index >= 15 is 0 Å². The largest absolute Gasteiger partial charge is 0.494 e. The molecule has 15 heavy (non-hydrogen) atoms. The first-order valence-corrected chi connectivity index (χ1v) is 5.66. The van der Waals surface area contributed by atoms with Gasteiger partial charge in [0, 0.05) is 16.1 Å². The normalized spacial score (nSPS) is 10.6. The molecule has 0 spiro atoms. The standard InChI is InChI=1S/C12H12BrNO/c1-3-8-6-9-10(13)4-5-11(15-2)12(9)14-7-8/h4-7H,3H2,1-2H3. The predicted molar refractivity (Wildman–Crippen MR) is 65.4 cm³/mol. The monoisotopic (exact) mass is 265 g/mol. The van der Waals surface area contributed by atoms with E-state index in [0.29, 0.717) is 0 Å². The summed E-state index contributed by atoms with van der Waals surface area (Å²) in [5, 5.41) is 1.11. The fourth-order valence-electron chi connectivity index (χ4n) is 1.56. The van der Waals surface area contributed by atoms with Gasteiger partial charge in [0.05, 0.1) is 7.11 Å². The molecule has 1 aromatic carbocycles. The molecule has 2 rings (SSSR count). The van der Waals surface area contributed by atoms with Crippen LogP contribution in [0.2, 0.25) is 0 Å². The number of benzene rings is 1. The Kier molecular flexibility index (Phi) is 2.91. The fourth-order valence-corrected chi connectivity index (χ4v) is 2.00. The summed E-state index contributed by atoms with van der Waals surface area (Å²) in [7, 11) is 1.66. The zero-order valence-corrected chi connectivity index (χ0v) is 10.3. The van der Waals surface area contributed by atoms with Crippen LogP contribution in [0.3, 0.4) is 0 Å². The number of aryl methyl sites for hydroxylation is 1. The van der Waals surface area contributed by atoms with E-state index in [1.54, 1.807) is 7.11 Å². The van der Waals surface area contributed by atoms with Crippen molar-refractivity contribution in [3.05, 3.63) is 34.4 Å². The smallest absolute Gasteiger partial charge is 0.145 e. The zero-order valence-electron chi connectivity index (χ0n) is 8.75. The number of halogens is 1. The second-order valence-corrected chi connectivity index (χ2v) is 4.20. The van der Waals surface area contributed by atoms with Crippen molar-refractivity contribution in [2.45, 2.75) is 13.3 Å². The average Bonchev–Trinajstić information content (AvgIpc) is 2.29. The van der Waals surface area contributed by atoms with Crippen LogP contribution in [0.4, 0.5) is 0 Å². The summed E-state index contributed by atoms with van der Waals surface area (Å²) in [5.74, 6) is 0.816. The van der Waals surface area contributed by atoms with Crippen molar-refractivity contribution in [1.29, 1.82) is 0 Å². The molecule has 3 heteroatoms. The Labute approximate surface area is 97.4 Å². The summed E-state index contributed by atoms with van der Waals surface area (Å²) in [6.07, 6.45) is 2.89. The van der Waals surface area contributed by atoms with E-state index in [-0.39, 0.29) is 0 Å². The lowest BCUT2D eigenvalue weighted by atomic mass is 10.1. The highest BCUT2D eigenvalue weighted by Crippen LogP contribution is 2.30. The van der Waals surface area contributed by atoms with Gasteiger partial charge in [-0.25, -0.2) is 0 Å². The van der Waals surface area contributed by atoms with Crippen molar-refractivity contribution in [2.24, 2.45) is 0 Å². The highest BCUT2D eigenvalue weighted by Gasteiger charge is 2.06. The maximum atomic E-state index is 5.27. The number of pyridine rings is 1. The van der Waals surface area contributed by atoms with Gasteiger partial charge in [-0.15, -0.1) is 0 Å². The van der Waals surface area contributed by atoms with Gasteiger partial charge in [0.15, 0.2) is 0 Å². The van der Waals surface area contributed by atoms with Crippen molar-refractivity contribution in [3.8, 4) is 5.75 Å². The SMILES string of the molecule is CCc1cnc2c(OC)ccc(Br)c2c1. The number of hydrogen-bond donors (Lipinski definition) is 0. The summed E-state index contributed by atoms with van der Waals surface area (Å²) in [6, 6.07) is 6.06. The van der Waals surface area contributed by atoms with Crippen molar-refractivity contribution in [1.82, 2.24) is 4.98 Å². The first-order chi connectivity index (χ1) is 7.26. The van der Waals surface area contributed by atoms with Crippen molar-refractivity contribution >= 4 is 26.8 Å². The van der Waals surface area contributed by atoms with E-state index in [1.807, 2.05) is 18.3 Å². The maximum Gasteiger partial charge on any atom is 0.145 e. The minimum absolute atomic E-state index is 0.816. The molecule has 0 radical (unpaired) electrons. The summed E-state index contributed by atoms with van der Waals surface area (Å²) < 4.78 is 6.33. The molecular formula is C12H12BrNO. The van der Waals surface area contributed by atoms with Crippen molar-refractivity contribution in [2.75, 3.05) is 7.11 Å². The first kappa shape index (κ1) is 10.4. The fraction of sp³-hybridized carbons (Fsp3) is 0.250. The van der Waals surface area contributed by atoms with Crippen LogP contribution >= 0.6 is 15.9 Å². The molecule has 0 unspecified atom stereocenters. The van der Waals surface area contributed by atoms with E-state index in [9.17, 15) is 0 Å². The van der Waals surface area contributed by atoms with E-state index in [0.717, 1.165) is 27.5 Å². The highest BCUT2D eigenvalue weighted by molar-refractivity contribution is 9.10. The Morgan fingerprint density at radius 1 is 1.40 bits per heavy atom. The lowest BCUT2D eigenvalue weighted by Crippen LogP contribution is -1.90. The Bertz CT molecular complexity index is 496. The van der Waals surface area contributed by atoms with Gasteiger partial charge in [-0.3, -0.25) is 4.98 Å². The molecule has 1 aromatic heterocycles. The van der Waals surface area contributed by atoms with E-state index in [4.69, 9.17) is 4.74 Å². The van der Waals surface area contributed by atoms with Crippen LogP contribution in [0.25, 0.3) is 10.9 Å². The van der Waals surface area contributed by atoms with Crippen LogP contribution in [-0.2, 0) is 6.42 Å². The first-order valence-electron chi connectivity index (χ1n) is 4.87. The molecule has 78 valence electrons. The molecule has 2 nitrogen and oxygen atoms in total. The third-order valence-corrected chi connectivity index (χ3v) is 3.14. The van der Waals surface area contributed by atoms with Crippen LogP contribution in [0.1, 0.15) is 12.5 Å². The summed E-state index contributed by atoms with van der Waals surface area (Å²) >= 11 is 3.53. The van der Waals surface area contributed by atoms with E-state index in [1.165, 1.54) is 5.56 Å². The minimum atomic E-state index is 0.816. The molecule has 0 saturated heterocycles. The third kappa shape index (κ3) is 1.84. The summed E-state index contributed by atoms with van der Waals surface area (Å²) in [5.41, 5.74) is 2.14. The lowest BCUT2D eigenvalue weighted by molar-refractivity contribution is 0.419. The molecule has 2 aromatic rings. The number of nitrogens with zero attached hydrogens (tertiary/aromatic N) is 1. The second-order valence-electron chi connectivity index (χ2n) is 3.34. The molecule has 0 amide bonds. The van der Waals surface area contributed by atoms with Crippen LogP contribution in [0.15, 0.2) is 28.9 Å². The molecule has 0 atom stereocenters. The molecule has 0 aliphatic rings. The molecule has 0 saturated carbocycles. The maximum absolute atomic E-state index is 5.27. The van der Waals surface area contributed by atoms with Crippen LogP contribution < -0.4 is 4.74 Å². The number of aromatic nitrogens is 1. The summed E-state index contributed by atoms with van der Waals surface area (Å²) in [6.45, 7) is 2.12. The Morgan fingerprint density at radius 3 is 2.87 bits per heavy atom. The number of methoxy groups -OCH3 is 1. The molecule has 0 aliphatic carbocycles. The zero-order chi connectivity index (χ0) is 10.8. The Hall–Kier alpha value is -1.09. The van der Waals surface area contributed by atoms with Gasteiger partial charge >= 0.3 is 0 Å². The van der Waals surface area contributed by atoms with Gasteiger partial charge < -0.3 is 4.74 Å². The third-order valence-electron chi connectivity index (χ3n) is 2.44. The molecule has 1 heterocycles. The van der Waals surface area contributed by atoms with E-state index in [2.05, 4.69) is 33.9 Å². The van der Waals surface area contributed by atoms with Gasteiger partial charge in [-0.1, -0.05) is 22.9 Å². The second kappa shape index (κ2) is 4.19. The van der Waals surface area contributed by atoms with E-state index < -0.39 is 0 Å². The van der Waals surface area contributed by atoms with Crippen LogP contribution in [0, 0.1) is 0 Å². The molecule has 0 N–H and O–H groups in total. The number of ether oxygens (including phenoxy) is 1. The van der Waals surface area contributed by atoms with Crippen LogP contribution in [-0.4, -0.2) is 12.1 Å². The molecular weight excluding hydrogens is 254 g/mol. The van der Waals surface area contributed by atoms with Gasteiger partial charge in [0.2, 0.25) is 0 Å². The molecule has 0 aliphatic heterocycles. The highest BCUT2D eigenvalue weighted by atomic mass is 79.9. The number of fused-ring (bicyclic) bond motifs is 1. The van der Waals surface area contributed by atoms with Crippen molar-refractivity contribution in [3.63, 3.8) is 0 Å². The van der Waals surface area contributed by atoms with Gasteiger partial charge in [-0.05, 0) is 30.2 Å². The lowest BCUT2D eigenvalue weighted by Gasteiger charge is -2.07. The predicted octanol–water partition coefficient (Wildman–Crippen LogP) is 3.57. The average molecular weight is 266 g/mol. The van der Waals surface area contributed by atoms with Gasteiger partial charge in [-0.2, -0.15) is 0 Å². The quantitative estimate of drug-likeness (QED) is 0.829. The number of hydrogen-bond acceptors (Lipinski definition) is 2. The van der Waals surface area contributed by atoms with Gasteiger partial charge in [0.25, 0.3) is 0 Å².